The average Bonchev–Trinajstić information content (AvgIpc) is 2.17. The quantitative estimate of drug-likeness (QED) is 0.556. The van der Waals surface area contributed by atoms with Crippen LogP contribution < -0.4 is 0 Å². The first-order chi connectivity index (χ1) is 5.40. The second kappa shape index (κ2) is 2.95. The molecular weight excluding hydrogens is 138 g/mol. The van der Waals surface area contributed by atoms with Crippen LogP contribution in [-0.2, 0) is 4.74 Å². The minimum Gasteiger partial charge on any atom is -0.360 e. The Morgan fingerprint density at radius 2 is 2.45 bits per heavy atom. The number of fused-ring (bicyclic) bond motifs is 3. The molecule has 3 aliphatic rings. The molecule has 2 atom stereocenters. The van der Waals surface area contributed by atoms with Crippen LogP contribution in [0.5, 0.6) is 0 Å². The lowest BCUT2D eigenvalue weighted by atomic mass is 10.1. The van der Waals surface area contributed by atoms with E-state index >= 15 is 0 Å². The molecule has 0 aromatic carbocycles. The van der Waals surface area contributed by atoms with Gasteiger partial charge in [-0.25, -0.2) is 0 Å². The molecule has 3 saturated heterocycles. The number of nitrogens with zero attached hydrogens (tertiary/aromatic N) is 1. The van der Waals surface area contributed by atoms with E-state index in [-0.39, 0.29) is 0 Å². The molecule has 3 rings (SSSR count). The van der Waals surface area contributed by atoms with Crippen molar-refractivity contribution in [1.82, 2.24) is 4.90 Å². The molecule has 3 aliphatic heterocycles. The fourth-order valence-electron chi connectivity index (χ4n) is 1.90. The molecule has 0 radical (unpaired) electrons. The van der Waals surface area contributed by atoms with Crippen LogP contribution in [0.3, 0.4) is 0 Å². The Morgan fingerprint density at radius 1 is 1.64 bits per heavy atom. The summed E-state index contributed by atoms with van der Waals surface area (Å²) in [7, 11) is 0. The molecule has 2 heteroatoms. The Morgan fingerprint density at radius 3 is 3.18 bits per heavy atom. The zero-order valence-corrected chi connectivity index (χ0v) is 6.83. The maximum Gasteiger partial charge on any atom is 0.113 e. The second-order valence-corrected chi connectivity index (χ2v) is 3.37. The normalized spacial score (nSPS) is 37.5. The summed E-state index contributed by atoms with van der Waals surface area (Å²) in [5.41, 5.74) is 0. The Balaban J connectivity index is 1.92. The van der Waals surface area contributed by atoms with Crippen molar-refractivity contribution in [3.8, 4) is 0 Å². The van der Waals surface area contributed by atoms with Gasteiger partial charge in [0.1, 0.15) is 6.23 Å². The maximum atomic E-state index is 5.64. The Kier molecular flexibility index (Phi) is 1.96. The molecule has 3 heterocycles. The predicted octanol–water partition coefficient (Wildman–Crippen LogP) is 1.38. The van der Waals surface area contributed by atoms with Gasteiger partial charge in [-0.2, -0.15) is 0 Å². The van der Waals surface area contributed by atoms with Gasteiger partial charge in [0.15, 0.2) is 0 Å². The van der Waals surface area contributed by atoms with Crippen molar-refractivity contribution in [2.45, 2.75) is 31.6 Å². The van der Waals surface area contributed by atoms with Crippen LogP contribution in [-0.4, -0.2) is 30.3 Å². The van der Waals surface area contributed by atoms with Crippen LogP contribution in [0.15, 0.2) is 12.7 Å². The van der Waals surface area contributed by atoms with Crippen LogP contribution >= 0.6 is 0 Å². The molecule has 3 fully saturated rings. The van der Waals surface area contributed by atoms with Gasteiger partial charge in [0.25, 0.3) is 0 Å². The summed E-state index contributed by atoms with van der Waals surface area (Å²) in [6.45, 7) is 5.91. The fourth-order valence-corrected chi connectivity index (χ4v) is 1.90. The Hall–Kier alpha value is -0.340. The molecule has 2 bridgehead atoms. The van der Waals surface area contributed by atoms with E-state index in [0.717, 1.165) is 6.54 Å². The van der Waals surface area contributed by atoms with E-state index in [2.05, 4.69) is 11.5 Å². The van der Waals surface area contributed by atoms with Gasteiger partial charge >= 0.3 is 0 Å². The first-order valence-corrected chi connectivity index (χ1v) is 4.40. The SMILES string of the molecule is C=CCN1CCCC2CC1O2. The zero-order chi connectivity index (χ0) is 7.68. The van der Waals surface area contributed by atoms with Crippen molar-refractivity contribution in [1.29, 1.82) is 0 Å². The highest BCUT2D eigenvalue weighted by atomic mass is 16.5. The molecule has 0 amide bonds. The summed E-state index contributed by atoms with van der Waals surface area (Å²) < 4.78 is 5.64. The molecule has 2 nitrogen and oxygen atoms in total. The Bertz CT molecular complexity index is 152. The van der Waals surface area contributed by atoms with E-state index in [9.17, 15) is 0 Å². The lowest BCUT2D eigenvalue weighted by Gasteiger charge is -2.39. The first-order valence-electron chi connectivity index (χ1n) is 4.40. The zero-order valence-electron chi connectivity index (χ0n) is 6.83. The van der Waals surface area contributed by atoms with E-state index in [1.807, 2.05) is 6.08 Å². The third-order valence-corrected chi connectivity index (χ3v) is 2.56. The summed E-state index contributed by atoms with van der Waals surface area (Å²) in [4.78, 5) is 2.37. The smallest absolute Gasteiger partial charge is 0.113 e. The molecular formula is C9H15NO. The highest BCUT2D eigenvalue weighted by Gasteiger charge is 2.36. The second-order valence-electron chi connectivity index (χ2n) is 3.37. The van der Waals surface area contributed by atoms with E-state index in [1.165, 1.54) is 25.8 Å². The van der Waals surface area contributed by atoms with Crippen molar-refractivity contribution in [2.24, 2.45) is 0 Å². The molecule has 0 aromatic heterocycles. The van der Waals surface area contributed by atoms with Crippen molar-refractivity contribution in [2.75, 3.05) is 13.1 Å². The van der Waals surface area contributed by atoms with Gasteiger partial charge in [0.05, 0.1) is 6.10 Å². The summed E-state index contributed by atoms with van der Waals surface area (Å²) in [5, 5.41) is 0. The standard InChI is InChI=1S/C9H15NO/c1-2-5-10-6-3-4-8-7-9(10)11-8/h2,8-9H,1,3-7H2. The van der Waals surface area contributed by atoms with Gasteiger partial charge < -0.3 is 4.74 Å². The van der Waals surface area contributed by atoms with Gasteiger partial charge in [-0.3, -0.25) is 4.90 Å². The summed E-state index contributed by atoms with van der Waals surface area (Å²) in [6.07, 6.45) is 6.74. The number of rotatable bonds is 2. The molecule has 0 aliphatic carbocycles. The van der Waals surface area contributed by atoms with Crippen LogP contribution in [0.25, 0.3) is 0 Å². The van der Waals surface area contributed by atoms with Crippen molar-refractivity contribution >= 4 is 0 Å². The topological polar surface area (TPSA) is 12.5 Å². The first kappa shape index (κ1) is 7.32. The monoisotopic (exact) mass is 153 g/mol. The Labute approximate surface area is 67.8 Å². The minimum atomic E-state index is 0.417. The summed E-state index contributed by atoms with van der Waals surface area (Å²) in [6, 6.07) is 0. The molecule has 0 aromatic rings. The van der Waals surface area contributed by atoms with Gasteiger partial charge in [0.2, 0.25) is 0 Å². The van der Waals surface area contributed by atoms with Gasteiger partial charge in [-0.1, -0.05) is 6.08 Å². The van der Waals surface area contributed by atoms with Gasteiger partial charge in [-0.05, 0) is 12.8 Å². The fraction of sp³-hybridized carbons (Fsp3) is 0.778. The largest absolute Gasteiger partial charge is 0.360 e. The molecule has 0 N–H and O–H groups in total. The van der Waals surface area contributed by atoms with Crippen molar-refractivity contribution in [3.05, 3.63) is 12.7 Å². The van der Waals surface area contributed by atoms with Gasteiger partial charge in [-0.15, -0.1) is 6.58 Å². The highest BCUT2D eigenvalue weighted by molar-refractivity contribution is 4.86. The van der Waals surface area contributed by atoms with Gasteiger partial charge in [0, 0.05) is 19.5 Å². The molecule has 11 heavy (non-hydrogen) atoms. The average molecular weight is 153 g/mol. The molecule has 2 unspecified atom stereocenters. The number of ether oxygens (including phenoxy) is 1. The van der Waals surface area contributed by atoms with Crippen LogP contribution in [0.2, 0.25) is 0 Å². The van der Waals surface area contributed by atoms with Crippen LogP contribution in [0.4, 0.5) is 0 Å². The van der Waals surface area contributed by atoms with Crippen molar-refractivity contribution < 1.29 is 4.74 Å². The lowest BCUT2D eigenvalue weighted by molar-refractivity contribution is -0.180. The van der Waals surface area contributed by atoms with E-state index in [1.54, 1.807) is 0 Å². The molecule has 0 spiro atoms. The highest BCUT2D eigenvalue weighted by Crippen LogP contribution is 2.30. The molecule has 0 saturated carbocycles. The van der Waals surface area contributed by atoms with E-state index < -0.39 is 0 Å². The predicted molar refractivity (Wildman–Crippen MR) is 44.3 cm³/mol. The van der Waals surface area contributed by atoms with Crippen LogP contribution in [0, 0.1) is 0 Å². The van der Waals surface area contributed by atoms with E-state index in [0.29, 0.717) is 12.3 Å². The number of hydrogen-bond acceptors (Lipinski definition) is 2. The van der Waals surface area contributed by atoms with Crippen molar-refractivity contribution in [3.63, 3.8) is 0 Å². The third kappa shape index (κ3) is 1.33. The third-order valence-electron chi connectivity index (χ3n) is 2.56. The minimum absolute atomic E-state index is 0.417. The summed E-state index contributed by atoms with van der Waals surface area (Å²) in [5.74, 6) is 0. The number of hydrogen-bond donors (Lipinski definition) is 0. The molecule has 62 valence electrons. The summed E-state index contributed by atoms with van der Waals surface area (Å²) >= 11 is 0. The van der Waals surface area contributed by atoms with Crippen LogP contribution in [0.1, 0.15) is 19.3 Å². The maximum absolute atomic E-state index is 5.64. The van der Waals surface area contributed by atoms with E-state index in [4.69, 9.17) is 4.74 Å². The lowest BCUT2D eigenvalue weighted by Crippen LogP contribution is -2.46.